The Morgan fingerprint density at radius 3 is 2.65 bits per heavy atom. The van der Waals surface area contributed by atoms with Crippen LogP contribution in [0.5, 0.6) is 0 Å². The molecule has 0 saturated carbocycles. The van der Waals surface area contributed by atoms with Gasteiger partial charge in [0.2, 0.25) is 0 Å². The number of benzene rings is 2. The molecule has 1 amide bonds. The Morgan fingerprint density at radius 1 is 1.15 bits per heavy atom. The van der Waals surface area contributed by atoms with Crippen molar-refractivity contribution in [3.8, 4) is 5.69 Å². The van der Waals surface area contributed by atoms with Crippen molar-refractivity contribution in [1.82, 2.24) is 9.99 Å². The van der Waals surface area contributed by atoms with E-state index in [2.05, 4.69) is 10.5 Å². The molecule has 1 N–H and O–H groups in total. The van der Waals surface area contributed by atoms with Crippen LogP contribution in [0, 0.1) is 19.7 Å². The zero-order valence-electron chi connectivity index (χ0n) is 14.3. The van der Waals surface area contributed by atoms with Gasteiger partial charge >= 0.3 is 0 Å². The second-order valence-electron chi connectivity index (χ2n) is 5.82. The van der Waals surface area contributed by atoms with Gasteiger partial charge in [0, 0.05) is 27.7 Å². The van der Waals surface area contributed by atoms with Gasteiger partial charge in [0.25, 0.3) is 5.91 Å². The zero-order valence-corrected chi connectivity index (χ0v) is 15.1. The Kier molecular flexibility index (Phi) is 5.19. The molecule has 0 radical (unpaired) electrons. The summed E-state index contributed by atoms with van der Waals surface area (Å²) in [6, 6.07) is 15.3. The average molecular weight is 370 g/mol. The predicted molar refractivity (Wildman–Crippen MR) is 102 cm³/mol. The molecule has 0 spiro atoms. The molecule has 0 atom stereocenters. The third kappa shape index (κ3) is 3.68. The molecule has 1 heterocycles. The van der Waals surface area contributed by atoms with E-state index in [1.165, 1.54) is 18.2 Å². The third-order valence-electron chi connectivity index (χ3n) is 4.02. The van der Waals surface area contributed by atoms with E-state index in [0.29, 0.717) is 5.02 Å². The fourth-order valence-corrected chi connectivity index (χ4v) is 2.98. The van der Waals surface area contributed by atoms with Crippen LogP contribution in [0.2, 0.25) is 5.02 Å². The maximum atomic E-state index is 13.6. The van der Waals surface area contributed by atoms with Gasteiger partial charge in [-0.3, -0.25) is 4.79 Å². The van der Waals surface area contributed by atoms with Gasteiger partial charge in [-0.1, -0.05) is 29.8 Å². The van der Waals surface area contributed by atoms with Crippen LogP contribution in [0.15, 0.2) is 59.7 Å². The number of rotatable bonds is 4. The van der Waals surface area contributed by atoms with E-state index >= 15 is 0 Å². The summed E-state index contributed by atoms with van der Waals surface area (Å²) >= 11 is 6.08. The van der Waals surface area contributed by atoms with Crippen LogP contribution in [0.3, 0.4) is 0 Å². The zero-order chi connectivity index (χ0) is 18.7. The third-order valence-corrected chi connectivity index (χ3v) is 4.26. The number of amides is 1. The minimum Gasteiger partial charge on any atom is -0.318 e. The van der Waals surface area contributed by atoms with E-state index < -0.39 is 11.7 Å². The first-order valence-electron chi connectivity index (χ1n) is 8.00. The van der Waals surface area contributed by atoms with E-state index in [-0.39, 0.29) is 5.56 Å². The van der Waals surface area contributed by atoms with Crippen LogP contribution in [0.1, 0.15) is 27.3 Å². The Morgan fingerprint density at radius 2 is 1.92 bits per heavy atom. The van der Waals surface area contributed by atoms with E-state index in [1.807, 2.05) is 48.7 Å². The fourth-order valence-electron chi connectivity index (χ4n) is 2.80. The highest BCUT2D eigenvalue weighted by molar-refractivity contribution is 6.30. The summed E-state index contributed by atoms with van der Waals surface area (Å²) in [4.78, 5) is 12.0. The van der Waals surface area contributed by atoms with Crippen molar-refractivity contribution in [2.24, 2.45) is 5.10 Å². The molecule has 132 valence electrons. The number of hydrogen-bond donors (Lipinski definition) is 1. The molecule has 0 unspecified atom stereocenters. The van der Waals surface area contributed by atoms with Gasteiger partial charge in [0.1, 0.15) is 5.82 Å². The molecular formula is C20H17ClFN3O. The maximum absolute atomic E-state index is 13.6. The largest absolute Gasteiger partial charge is 0.318 e. The lowest BCUT2D eigenvalue weighted by atomic mass is 10.2. The highest BCUT2D eigenvalue weighted by atomic mass is 35.5. The molecule has 3 aromatic rings. The van der Waals surface area contributed by atoms with E-state index in [4.69, 9.17) is 11.6 Å². The normalized spacial score (nSPS) is 11.1. The summed E-state index contributed by atoms with van der Waals surface area (Å²) < 4.78 is 15.7. The molecule has 0 aliphatic carbocycles. The Labute approximate surface area is 155 Å². The van der Waals surface area contributed by atoms with E-state index in [0.717, 1.165) is 22.6 Å². The van der Waals surface area contributed by atoms with Crippen LogP contribution in [0.4, 0.5) is 4.39 Å². The number of halogens is 2. The Bertz CT molecular complexity index is 994. The monoisotopic (exact) mass is 369 g/mol. The Hall–Kier alpha value is -2.92. The SMILES string of the molecule is Cc1cc(/C=N\NC(=O)c2ccccc2F)c(C)n1-c1cccc(Cl)c1. The Balaban J connectivity index is 1.81. The van der Waals surface area contributed by atoms with Crippen molar-refractivity contribution < 1.29 is 9.18 Å². The van der Waals surface area contributed by atoms with Crippen LogP contribution < -0.4 is 5.43 Å². The molecule has 6 heteroatoms. The molecule has 26 heavy (non-hydrogen) atoms. The number of carbonyl (C=O) groups excluding carboxylic acids is 1. The molecule has 1 aromatic heterocycles. The predicted octanol–water partition coefficient (Wildman–Crippen LogP) is 4.65. The van der Waals surface area contributed by atoms with Gasteiger partial charge < -0.3 is 4.57 Å². The fraction of sp³-hybridized carbons (Fsp3) is 0.100. The molecule has 0 bridgehead atoms. The minimum absolute atomic E-state index is 0.0472. The van der Waals surface area contributed by atoms with Crippen molar-refractivity contribution in [2.45, 2.75) is 13.8 Å². The van der Waals surface area contributed by atoms with Gasteiger partial charge in [-0.2, -0.15) is 5.10 Å². The smallest absolute Gasteiger partial charge is 0.274 e. The van der Waals surface area contributed by atoms with Gasteiger partial charge in [-0.05, 0) is 50.2 Å². The lowest BCUT2D eigenvalue weighted by Gasteiger charge is -2.09. The molecule has 2 aromatic carbocycles. The minimum atomic E-state index is -0.594. The van der Waals surface area contributed by atoms with Gasteiger partial charge in [0.15, 0.2) is 0 Å². The maximum Gasteiger partial charge on any atom is 0.274 e. The van der Waals surface area contributed by atoms with Crippen molar-refractivity contribution in [3.05, 3.63) is 88.0 Å². The lowest BCUT2D eigenvalue weighted by Crippen LogP contribution is -2.18. The number of carbonyl (C=O) groups is 1. The number of hydrazone groups is 1. The number of hydrogen-bond acceptors (Lipinski definition) is 2. The van der Waals surface area contributed by atoms with Crippen LogP contribution in [-0.4, -0.2) is 16.7 Å². The van der Waals surface area contributed by atoms with Gasteiger partial charge in [0.05, 0.1) is 11.8 Å². The quantitative estimate of drug-likeness (QED) is 0.528. The number of nitrogens with zero attached hydrogens (tertiary/aromatic N) is 2. The summed E-state index contributed by atoms with van der Waals surface area (Å²) in [5, 5.41) is 4.61. The summed E-state index contributed by atoms with van der Waals surface area (Å²) in [6.07, 6.45) is 1.54. The topological polar surface area (TPSA) is 46.4 Å². The molecule has 0 aliphatic rings. The van der Waals surface area contributed by atoms with Crippen LogP contribution >= 0.6 is 11.6 Å². The van der Waals surface area contributed by atoms with Crippen LogP contribution in [-0.2, 0) is 0 Å². The summed E-state index contributed by atoms with van der Waals surface area (Å²) in [5.74, 6) is -1.18. The standard InChI is InChI=1S/C20H17ClFN3O/c1-13-10-15(14(2)25(13)17-7-5-6-16(21)11-17)12-23-24-20(26)18-8-3-4-9-19(18)22/h3-12H,1-2H3,(H,24,26)/b23-12-. The van der Waals surface area contributed by atoms with Crippen LogP contribution in [0.25, 0.3) is 5.69 Å². The molecule has 4 nitrogen and oxygen atoms in total. The van der Waals surface area contributed by atoms with Crippen molar-refractivity contribution in [1.29, 1.82) is 0 Å². The molecule has 3 rings (SSSR count). The second-order valence-corrected chi connectivity index (χ2v) is 6.26. The summed E-state index contributed by atoms with van der Waals surface area (Å²) in [7, 11) is 0. The number of aryl methyl sites for hydroxylation is 1. The first kappa shape index (κ1) is 17.9. The van der Waals surface area contributed by atoms with Crippen molar-refractivity contribution in [2.75, 3.05) is 0 Å². The highest BCUT2D eigenvalue weighted by Crippen LogP contribution is 2.22. The van der Waals surface area contributed by atoms with Crippen molar-refractivity contribution in [3.63, 3.8) is 0 Å². The van der Waals surface area contributed by atoms with Gasteiger partial charge in [-0.15, -0.1) is 0 Å². The molecular weight excluding hydrogens is 353 g/mol. The summed E-state index contributed by atoms with van der Waals surface area (Å²) in [5.41, 5.74) is 6.06. The molecule has 0 aliphatic heterocycles. The first-order chi connectivity index (χ1) is 12.5. The number of aromatic nitrogens is 1. The van der Waals surface area contributed by atoms with Gasteiger partial charge in [-0.25, -0.2) is 9.82 Å². The number of nitrogens with one attached hydrogen (secondary N) is 1. The van der Waals surface area contributed by atoms with E-state index in [1.54, 1.807) is 12.3 Å². The van der Waals surface area contributed by atoms with Crippen molar-refractivity contribution >= 4 is 23.7 Å². The molecule has 0 saturated heterocycles. The average Bonchev–Trinajstić information content (AvgIpc) is 2.89. The second kappa shape index (κ2) is 7.54. The lowest BCUT2D eigenvalue weighted by molar-refractivity contribution is 0.0951. The first-order valence-corrected chi connectivity index (χ1v) is 8.38. The summed E-state index contributed by atoms with van der Waals surface area (Å²) in [6.45, 7) is 3.93. The molecule has 0 fully saturated rings. The highest BCUT2D eigenvalue weighted by Gasteiger charge is 2.11. The van der Waals surface area contributed by atoms with E-state index in [9.17, 15) is 9.18 Å².